The zero-order valence-electron chi connectivity index (χ0n) is 12.7. The number of rotatable bonds is 5. The summed E-state index contributed by atoms with van der Waals surface area (Å²) in [4.78, 5) is 17.7. The van der Waals surface area contributed by atoms with E-state index in [0.717, 1.165) is 44.0 Å². The molecule has 0 aromatic carbocycles. The summed E-state index contributed by atoms with van der Waals surface area (Å²) < 4.78 is 5.38. The number of hydrogen-bond donors (Lipinski definition) is 0. The minimum atomic E-state index is 0.231. The van der Waals surface area contributed by atoms with Crippen LogP contribution in [0.3, 0.4) is 0 Å². The Morgan fingerprint density at radius 2 is 2.14 bits per heavy atom. The molecule has 3 heterocycles. The maximum atomic E-state index is 12.2. The molecule has 0 aliphatic carbocycles. The van der Waals surface area contributed by atoms with Crippen molar-refractivity contribution in [3.05, 3.63) is 34.2 Å². The summed E-state index contributed by atoms with van der Waals surface area (Å²) in [5.41, 5.74) is 0. The van der Waals surface area contributed by atoms with E-state index in [-0.39, 0.29) is 5.91 Å². The third-order valence-corrected chi connectivity index (χ3v) is 4.72. The number of carbonyl (C=O) groups is 1. The van der Waals surface area contributed by atoms with Gasteiger partial charge in [-0.3, -0.25) is 9.69 Å². The number of aromatic nitrogens is 2. The number of hydrogen-bond acceptors (Lipinski definition) is 6. The number of thiophene rings is 1. The lowest BCUT2D eigenvalue weighted by Crippen LogP contribution is -2.49. The minimum absolute atomic E-state index is 0.231. The van der Waals surface area contributed by atoms with E-state index in [0.29, 0.717) is 18.2 Å². The van der Waals surface area contributed by atoms with E-state index in [1.54, 1.807) is 18.3 Å². The molecule has 118 valence electrons. The molecule has 22 heavy (non-hydrogen) atoms. The monoisotopic (exact) mass is 320 g/mol. The Kier molecular flexibility index (Phi) is 4.84. The Balaban J connectivity index is 1.41. The smallest absolute Gasteiger partial charge is 0.227 e. The van der Waals surface area contributed by atoms with Gasteiger partial charge in [0.25, 0.3) is 0 Å². The van der Waals surface area contributed by atoms with Gasteiger partial charge in [-0.15, -0.1) is 21.5 Å². The van der Waals surface area contributed by atoms with Gasteiger partial charge < -0.3 is 9.32 Å². The first-order valence-corrected chi connectivity index (χ1v) is 8.40. The molecule has 2 aromatic rings. The minimum Gasteiger partial charge on any atom is -0.426 e. The summed E-state index contributed by atoms with van der Waals surface area (Å²) in [5.74, 6) is 1.53. The summed E-state index contributed by atoms with van der Waals surface area (Å²) in [6.07, 6.45) is 1.29. The van der Waals surface area contributed by atoms with Gasteiger partial charge in [0.15, 0.2) is 0 Å². The van der Waals surface area contributed by atoms with Gasteiger partial charge in [-0.1, -0.05) is 6.07 Å². The van der Waals surface area contributed by atoms with Crippen LogP contribution in [0.1, 0.15) is 16.7 Å². The van der Waals surface area contributed by atoms with E-state index in [1.807, 2.05) is 22.4 Å². The fourth-order valence-electron chi connectivity index (χ4n) is 2.59. The number of piperazine rings is 1. The molecule has 1 aliphatic heterocycles. The van der Waals surface area contributed by atoms with E-state index in [4.69, 9.17) is 4.42 Å². The van der Waals surface area contributed by atoms with Crippen molar-refractivity contribution in [2.45, 2.75) is 19.8 Å². The van der Waals surface area contributed by atoms with Crippen molar-refractivity contribution in [1.29, 1.82) is 0 Å². The van der Waals surface area contributed by atoms with Crippen LogP contribution < -0.4 is 0 Å². The molecule has 1 saturated heterocycles. The molecule has 3 rings (SSSR count). The topological polar surface area (TPSA) is 62.5 Å². The largest absolute Gasteiger partial charge is 0.426 e. The van der Waals surface area contributed by atoms with Gasteiger partial charge >= 0.3 is 0 Å². The lowest BCUT2D eigenvalue weighted by Gasteiger charge is -2.34. The number of amides is 1. The number of aryl methyl sites for hydroxylation is 1. The summed E-state index contributed by atoms with van der Waals surface area (Å²) in [6.45, 7) is 6.11. The normalized spacial score (nSPS) is 16.1. The quantitative estimate of drug-likeness (QED) is 0.832. The van der Waals surface area contributed by atoms with Gasteiger partial charge in [-0.2, -0.15) is 0 Å². The number of carbonyl (C=O) groups excluding carboxylic acids is 1. The molecule has 0 unspecified atom stereocenters. The van der Waals surface area contributed by atoms with E-state index in [2.05, 4.69) is 15.1 Å². The maximum Gasteiger partial charge on any atom is 0.227 e. The standard InChI is InChI=1S/C15H20N4O2S/c1-12-16-17-14(21-12)4-5-18-6-8-19(9-7-18)15(20)11-13-3-2-10-22-13/h2-3,10H,4-9,11H2,1H3. The van der Waals surface area contributed by atoms with Crippen LogP contribution in [0.2, 0.25) is 0 Å². The van der Waals surface area contributed by atoms with E-state index >= 15 is 0 Å². The van der Waals surface area contributed by atoms with Crippen molar-refractivity contribution in [3.63, 3.8) is 0 Å². The highest BCUT2D eigenvalue weighted by molar-refractivity contribution is 7.10. The van der Waals surface area contributed by atoms with Crippen LogP contribution in [0.25, 0.3) is 0 Å². The van der Waals surface area contributed by atoms with E-state index in [9.17, 15) is 4.79 Å². The third kappa shape index (κ3) is 3.92. The van der Waals surface area contributed by atoms with Gasteiger partial charge in [0.2, 0.25) is 17.7 Å². The summed E-state index contributed by atoms with van der Waals surface area (Å²) in [6, 6.07) is 4.01. The summed E-state index contributed by atoms with van der Waals surface area (Å²) in [5, 5.41) is 9.86. The van der Waals surface area contributed by atoms with Crippen LogP contribution in [0.5, 0.6) is 0 Å². The van der Waals surface area contributed by atoms with Crippen LogP contribution >= 0.6 is 11.3 Å². The van der Waals surface area contributed by atoms with Crippen LogP contribution in [0, 0.1) is 6.92 Å². The van der Waals surface area contributed by atoms with Gasteiger partial charge in [0, 0.05) is 50.9 Å². The third-order valence-electron chi connectivity index (χ3n) is 3.84. The molecule has 0 bridgehead atoms. The average molecular weight is 320 g/mol. The van der Waals surface area contributed by atoms with Gasteiger partial charge in [-0.05, 0) is 11.4 Å². The molecule has 1 amide bonds. The zero-order chi connectivity index (χ0) is 15.4. The lowest BCUT2D eigenvalue weighted by molar-refractivity contribution is -0.132. The van der Waals surface area contributed by atoms with Crippen molar-refractivity contribution in [2.75, 3.05) is 32.7 Å². The highest BCUT2D eigenvalue weighted by Gasteiger charge is 2.21. The van der Waals surface area contributed by atoms with Crippen molar-refractivity contribution >= 4 is 17.2 Å². The van der Waals surface area contributed by atoms with Crippen LogP contribution in [0.4, 0.5) is 0 Å². The zero-order valence-corrected chi connectivity index (χ0v) is 13.5. The second kappa shape index (κ2) is 7.02. The molecule has 0 atom stereocenters. The Morgan fingerprint density at radius 3 is 2.77 bits per heavy atom. The first-order valence-electron chi connectivity index (χ1n) is 7.52. The van der Waals surface area contributed by atoms with Gasteiger partial charge in [0.05, 0.1) is 6.42 Å². The Hall–Kier alpha value is -1.73. The Bertz CT molecular complexity index is 603. The molecular formula is C15H20N4O2S. The molecular weight excluding hydrogens is 300 g/mol. The van der Waals surface area contributed by atoms with Crippen molar-refractivity contribution in [3.8, 4) is 0 Å². The van der Waals surface area contributed by atoms with Gasteiger partial charge in [-0.25, -0.2) is 0 Å². The van der Waals surface area contributed by atoms with Crippen LogP contribution in [0.15, 0.2) is 21.9 Å². The van der Waals surface area contributed by atoms with Gasteiger partial charge in [0.1, 0.15) is 0 Å². The highest BCUT2D eigenvalue weighted by Crippen LogP contribution is 2.12. The lowest BCUT2D eigenvalue weighted by atomic mass is 10.2. The maximum absolute atomic E-state index is 12.2. The van der Waals surface area contributed by atoms with Crippen molar-refractivity contribution < 1.29 is 9.21 Å². The molecule has 0 N–H and O–H groups in total. The van der Waals surface area contributed by atoms with E-state index in [1.165, 1.54) is 0 Å². The first kappa shape index (κ1) is 15.2. The SMILES string of the molecule is Cc1nnc(CCN2CCN(C(=O)Cc3cccs3)CC2)o1. The van der Waals surface area contributed by atoms with Crippen molar-refractivity contribution in [2.24, 2.45) is 0 Å². The average Bonchev–Trinajstić information content (AvgIpc) is 3.17. The molecule has 0 radical (unpaired) electrons. The second-order valence-electron chi connectivity index (χ2n) is 5.44. The Labute approximate surface area is 133 Å². The fourth-order valence-corrected chi connectivity index (χ4v) is 3.28. The molecule has 1 fully saturated rings. The molecule has 7 heteroatoms. The number of nitrogens with zero attached hydrogens (tertiary/aromatic N) is 4. The van der Waals surface area contributed by atoms with E-state index < -0.39 is 0 Å². The Morgan fingerprint density at radius 1 is 1.32 bits per heavy atom. The molecule has 6 nitrogen and oxygen atoms in total. The van der Waals surface area contributed by atoms with Crippen LogP contribution in [-0.4, -0.2) is 58.6 Å². The predicted octanol–water partition coefficient (Wildman–Crippen LogP) is 1.37. The summed E-state index contributed by atoms with van der Waals surface area (Å²) >= 11 is 1.64. The highest BCUT2D eigenvalue weighted by atomic mass is 32.1. The first-order chi connectivity index (χ1) is 10.7. The van der Waals surface area contributed by atoms with Crippen molar-refractivity contribution in [1.82, 2.24) is 20.0 Å². The molecule has 0 saturated carbocycles. The van der Waals surface area contributed by atoms with Crippen LogP contribution in [-0.2, 0) is 17.6 Å². The fraction of sp³-hybridized carbons (Fsp3) is 0.533. The molecule has 1 aliphatic rings. The molecule has 0 spiro atoms. The second-order valence-corrected chi connectivity index (χ2v) is 6.48. The molecule has 2 aromatic heterocycles. The summed E-state index contributed by atoms with van der Waals surface area (Å²) in [7, 11) is 0. The predicted molar refractivity (Wildman–Crippen MR) is 83.8 cm³/mol.